The third-order valence-electron chi connectivity index (χ3n) is 0.820. The Hall–Kier alpha value is -0.410. The Balaban J connectivity index is 2.92. The summed E-state index contributed by atoms with van der Waals surface area (Å²) in [7, 11) is 0. The van der Waals surface area contributed by atoms with Crippen molar-refractivity contribution in [3.05, 3.63) is 22.1 Å². The molecular weight excluding hydrogens is 125 g/mol. The molecule has 2 N–H and O–H groups in total. The van der Waals surface area contributed by atoms with Gasteiger partial charge in [-0.3, -0.25) is 0 Å². The molecule has 0 aliphatic heterocycles. The average Bonchev–Trinajstić information content (AvgIpc) is 2.14. The number of rotatable bonds is 1. The molecule has 0 saturated carbocycles. The fraction of sp³-hybridized carbons (Fsp3) is 0.200. The van der Waals surface area contributed by atoms with Crippen molar-refractivity contribution in [2.24, 2.45) is 5.73 Å². The Morgan fingerprint density at radius 3 is 2.88 bits per heavy atom. The van der Waals surface area contributed by atoms with Crippen molar-refractivity contribution in [1.29, 1.82) is 0 Å². The number of nitrogens with two attached hydrogens (primary N) is 1. The van der Waals surface area contributed by atoms with Crippen LogP contribution in [0.25, 0.3) is 0 Å². The first-order valence-electron chi connectivity index (χ1n) is 2.19. The minimum Gasteiger partial charge on any atom is -0.326 e. The number of hydrogen-bond acceptors (Lipinski definition) is 2. The minimum atomic E-state index is -0.238. The van der Waals surface area contributed by atoms with Crippen molar-refractivity contribution in [1.82, 2.24) is 0 Å². The lowest BCUT2D eigenvalue weighted by molar-refractivity contribution is 0.619. The van der Waals surface area contributed by atoms with Gasteiger partial charge in [0.15, 0.2) is 0 Å². The van der Waals surface area contributed by atoms with E-state index in [1.54, 1.807) is 0 Å². The quantitative estimate of drug-likeness (QED) is 0.606. The van der Waals surface area contributed by atoms with Crippen LogP contribution in [0.4, 0.5) is 4.39 Å². The van der Waals surface area contributed by atoms with E-state index in [1.165, 1.54) is 17.4 Å². The highest BCUT2D eigenvalue weighted by Crippen LogP contribution is 2.11. The van der Waals surface area contributed by atoms with Crippen molar-refractivity contribution in [3.8, 4) is 0 Å². The molecule has 0 spiro atoms. The van der Waals surface area contributed by atoms with E-state index < -0.39 is 0 Å². The van der Waals surface area contributed by atoms with Gasteiger partial charge in [0, 0.05) is 11.9 Å². The summed E-state index contributed by atoms with van der Waals surface area (Å²) in [5.41, 5.74) is 5.15. The molecule has 8 heavy (non-hydrogen) atoms. The van der Waals surface area contributed by atoms with Crippen LogP contribution in [0, 0.1) is 11.2 Å². The lowest BCUT2D eigenvalue weighted by Gasteiger charge is -1.84. The van der Waals surface area contributed by atoms with Crippen molar-refractivity contribution in [2.45, 2.75) is 6.54 Å². The number of halogens is 1. The lowest BCUT2D eigenvalue weighted by Crippen LogP contribution is -1.94. The van der Waals surface area contributed by atoms with Crippen LogP contribution in [0.3, 0.4) is 0 Å². The molecule has 0 fully saturated rings. The molecule has 1 heterocycles. The molecule has 0 aliphatic rings. The van der Waals surface area contributed by atoms with Crippen LogP contribution in [-0.4, -0.2) is 0 Å². The second kappa shape index (κ2) is 2.24. The molecular formula is C5H5FNS. The van der Waals surface area contributed by atoms with Crippen molar-refractivity contribution in [3.63, 3.8) is 0 Å². The smallest absolute Gasteiger partial charge is 0.139 e. The molecule has 1 aromatic rings. The summed E-state index contributed by atoms with van der Waals surface area (Å²) in [5.74, 6) is -0.238. The molecule has 0 amide bonds. The highest BCUT2D eigenvalue weighted by Gasteiger charge is 1.97. The predicted octanol–water partition coefficient (Wildman–Crippen LogP) is 1.15. The van der Waals surface area contributed by atoms with Gasteiger partial charge in [-0.05, 0) is 6.07 Å². The van der Waals surface area contributed by atoms with E-state index in [9.17, 15) is 4.39 Å². The highest BCUT2D eigenvalue weighted by molar-refractivity contribution is 7.09. The highest BCUT2D eigenvalue weighted by atomic mass is 32.1. The molecule has 43 valence electrons. The van der Waals surface area contributed by atoms with E-state index >= 15 is 0 Å². The maximum Gasteiger partial charge on any atom is 0.139 e. The lowest BCUT2D eigenvalue weighted by atomic mass is 10.4. The van der Waals surface area contributed by atoms with Gasteiger partial charge in [0.2, 0.25) is 0 Å². The predicted molar refractivity (Wildman–Crippen MR) is 31.0 cm³/mol. The van der Waals surface area contributed by atoms with Crippen molar-refractivity contribution in [2.75, 3.05) is 0 Å². The molecule has 1 rings (SSSR count). The van der Waals surface area contributed by atoms with E-state index in [4.69, 9.17) is 5.73 Å². The molecule has 1 nitrogen and oxygen atoms in total. The molecule has 1 aromatic heterocycles. The summed E-state index contributed by atoms with van der Waals surface area (Å²) in [6.45, 7) is 0.278. The van der Waals surface area contributed by atoms with Gasteiger partial charge in [0.05, 0.1) is 4.88 Å². The van der Waals surface area contributed by atoms with E-state index in [-0.39, 0.29) is 12.4 Å². The van der Waals surface area contributed by atoms with E-state index in [1.807, 2.05) is 0 Å². The maximum atomic E-state index is 12.2. The topological polar surface area (TPSA) is 26.0 Å². The first kappa shape index (κ1) is 5.72. The van der Waals surface area contributed by atoms with Gasteiger partial charge in [-0.1, -0.05) is 0 Å². The second-order valence-electron chi connectivity index (χ2n) is 1.34. The van der Waals surface area contributed by atoms with Gasteiger partial charge >= 0.3 is 0 Å². The molecule has 3 heteroatoms. The summed E-state index contributed by atoms with van der Waals surface area (Å²) >= 11 is 1.22. The first-order valence-corrected chi connectivity index (χ1v) is 3.00. The van der Waals surface area contributed by atoms with Gasteiger partial charge < -0.3 is 5.73 Å². The van der Waals surface area contributed by atoms with Crippen LogP contribution in [0.2, 0.25) is 0 Å². The zero-order chi connectivity index (χ0) is 5.98. The summed E-state index contributed by atoms with van der Waals surface area (Å²) < 4.78 is 12.2. The van der Waals surface area contributed by atoms with Crippen LogP contribution >= 0.6 is 11.3 Å². The Morgan fingerprint density at radius 1 is 1.88 bits per heavy atom. The van der Waals surface area contributed by atoms with Crippen LogP contribution in [-0.2, 0) is 6.54 Å². The SMILES string of the molecule is NCc1s[c]cc1F. The molecule has 1 radical (unpaired) electrons. The molecule has 0 unspecified atom stereocenters. The van der Waals surface area contributed by atoms with Crippen LogP contribution in [0.15, 0.2) is 6.07 Å². The summed E-state index contributed by atoms with van der Waals surface area (Å²) in [6, 6.07) is 1.30. The van der Waals surface area contributed by atoms with E-state index in [0.29, 0.717) is 4.88 Å². The van der Waals surface area contributed by atoms with Crippen molar-refractivity contribution >= 4 is 11.3 Å². The largest absolute Gasteiger partial charge is 0.326 e. The Kier molecular flexibility index (Phi) is 1.60. The Morgan fingerprint density at radius 2 is 2.62 bits per heavy atom. The Labute approximate surface area is 50.9 Å². The average molecular weight is 130 g/mol. The minimum absolute atomic E-state index is 0.238. The monoisotopic (exact) mass is 130 g/mol. The van der Waals surface area contributed by atoms with Gasteiger partial charge in [-0.25, -0.2) is 4.39 Å². The van der Waals surface area contributed by atoms with Gasteiger partial charge in [0.25, 0.3) is 0 Å². The van der Waals surface area contributed by atoms with Gasteiger partial charge in [-0.2, -0.15) is 0 Å². The fourth-order valence-corrected chi connectivity index (χ4v) is 0.965. The standard InChI is InChI=1S/C5H5FNS/c6-4-1-2-8-5(4)3-7/h1H,3,7H2. The zero-order valence-electron chi connectivity index (χ0n) is 4.15. The van der Waals surface area contributed by atoms with Crippen LogP contribution in [0.1, 0.15) is 4.88 Å². The third kappa shape index (κ3) is 0.877. The molecule has 0 atom stereocenters. The van der Waals surface area contributed by atoms with Crippen LogP contribution in [0.5, 0.6) is 0 Å². The first-order chi connectivity index (χ1) is 3.84. The van der Waals surface area contributed by atoms with Crippen LogP contribution < -0.4 is 5.73 Å². The molecule has 0 bridgehead atoms. The zero-order valence-corrected chi connectivity index (χ0v) is 4.96. The van der Waals surface area contributed by atoms with Gasteiger partial charge in [0.1, 0.15) is 5.82 Å². The third-order valence-corrected chi connectivity index (χ3v) is 1.66. The van der Waals surface area contributed by atoms with Gasteiger partial charge in [-0.15, -0.1) is 11.3 Å². The summed E-state index contributed by atoms with van der Waals surface area (Å²) in [4.78, 5) is 0.574. The number of thiophene rings is 1. The van der Waals surface area contributed by atoms with Crippen molar-refractivity contribution < 1.29 is 4.39 Å². The fourth-order valence-electron chi connectivity index (χ4n) is 0.421. The normalized spacial score (nSPS) is 9.75. The molecule has 0 aromatic carbocycles. The summed E-state index contributed by atoms with van der Waals surface area (Å²) in [5, 5.41) is 2.64. The van der Waals surface area contributed by atoms with E-state index in [2.05, 4.69) is 5.38 Å². The molecule has 0 aliphatic carbocycles. The number of hydrogen-bond donors (Lipinski definition) is 1. The summed E-state index contributed by atoms with van der Waals surface area (Å²) in [6.07, 6.45) is 0. The molecule has 0 saturated heterocycles. The second-order valence-corrected chi connectivity index (χ2v) is 2.27. The Bertz CT molecular complexity index is 173. The maximum absolute atomic E-state index is 12.2. The van der Waals surface area contributed by atoms with E-state index in [0.717, 1.165) is 0 Å².